The third-order valence-corrected chi connectivity index (χ3v) is 7.36. The molecule has 4 rings (SSSR count). The minimum absolute atomic E-state index is 1.10. The maximum atomic E-state index is 3.75. The van der Waals surface area contributed by atoms with Crippen LogP contribution in [-0.4, -0.2) is 51.2 Å². The molecule has 2 aliphatic rings. The lowest BCUT2D eigenvalue weighted by molar-refractivity contribution is 0.313. The summed E-state index contributed by atoms with van der Waals surface area (Å²) in [5, 5.41) is 3.75. The fourth-order valence-corrected chi connectivity index (χ4v) is 5.15. The third-order valence-electron chi connectivity index (χ3n) is 6.21. The van der Waals surface area contributed by atoms with Crippen molar-refractivity contribution in [1.82, 2.24) is 4.90 Å². The van der Waals surface area contributed by atoms with Gasteiger partial charge in [0.1, 0.15) is 0 Å². The molecule has 0 spiro atoms. The molecule has 0 aromatic heterocycles. The van der Waals surface area contributed by atoms with Gasteiger partial charge in [-0.05, 0) is 56.3 Å². The molecule has 5 heteroatoms. The van der Waals surface area contributed by atoms with Gasteiger partial charge in [0.25, 0.3) is 0 Å². The normalized spacial score (nSPS) is 16.0. The van der Waals surface area contributed by atoms with Crippen LogP contribution in [0.25, 0.3) is 0 Å². The lowest BCUT2D eigenvalue weighted by Crippen LogP contribution is -2.44. The molecule has 162 valence electrons. The SMILES string of the molecule is CCCCN(CCCC)c1ccc2c(c1)Nc1cc(N3CCN(C)CC3)ccc1S2. The Morgan fingerprint density at radius 2 is 1.50 bits per heavy atom. The second-order valence-electron chi connectivity index (χ2n) is 8.57. The molecule has 1 saturated heterocycles. The van der Waals surface area contributed by atoms with Crippen molar-refractivity contribution < 1.29 is 0 Å². The summed E-state index contributed by atoms with van der Waals surface area (Å²) in [6.07, 6.45) is 4.98. The summed E-state index contributed by atoms with van der Waals surface area (Å²) >= 11 is 1.89. The van der Waals surface area contributed by atoms with Crippen molar-refractivity contribution in [3.63, 3.8) is 0 Å². The van der Waals surface area contributed by atoms with Gasteiger partial charge in [-0.15, -0.1) is 0 Å². The van der Waals surface area contributed by atoms with Gasteiger partial charge in [-0.1, -0.05) is 38.5 Å². The van der Waals surface area contributed by atoms with Gasteiger partial charge in [0.2, 0.25) is 0 Å². The van der Waals surface area contributed by atoms with E-state index in [-0.39, 0.29) is 0 Å². The third kappa shape index (κ3) is 4.89. The summed E-state index contributed by atoms with van der Waals surface area (Å²) in [5.74, 6) is 0. The van der Waals surface area contributed by atoms with Gasteiger partial charge in [-0.25, -0.2) is 0 Å². The molecule has 0 unspecified atom stereocenters. The van der Waals surface area contributed by atoms with Crippen molar-refractivity contribution in [1.29, 1.82) is 0 Å². The summed E-state index contributed by atoms with van der Waals surface area (Å²) < 4.78 is 0. The molecule has 0 aliphatic carbocycles. The number of rotatable bonds is 8. The van der Waals surface area contributed by atoms with E-state index < -0.39 is 0 Å². The molecule has 1 fully saturated rings. The van der Waals surface area contributed by atoms with Crippen LogP contribution in [0.4, 0.5) is 22.7 Å². The van der Waals surface area contributed by atoms with Crippen LogP contribution in [-0.2, 0) is 0 Å². The molecule has 2 aromatic carbocycles. The average Bonchev–Trinajstić information content (AvgIpc) is 2.77. The van der Waals surface area contributed by atoms with Crippen molar-refractivity contribution in [3.8, 4) is 0 Å². The van der Waals surface area contributed by atoms with E-state index in [4.69, 9.17) is 0 Å². The second-order valence-corrected chi connectivity index (χ2v) is 9.66. The highest BCUT2D eigenvalue weighted by Crippen LogP contribution is 2.46. The number of hydrogen-bond acceptors (Lipinski definition) is 5. The Bertz CT molecular complexity index is 837. The summed E-state index contributed by atoms with van der Waals surface area (Å²) in [6.45, 7) is 11.3. The molecule has 0 amide bonds. The van der Waals surface area contributed by atoms with Crippen molar-refractivity contribution in [2.75, 3.05) is 61.4 Å². The summed E-state index contributed by atoms with van der Waals surface area (Å²) in [5.41, 5.74) is 5.18. The average molecular weight is 425 g/mol. The molecule has 2 aliphatic heterocycles. The first kappa shape index (κ1) is 21.4. The van der Waals surface area contributed by atoms with Crippen LogP contribution in [0.5, 0.6) is 0 Å². The summed E-state index contributed by atoms with van der Waals surface area (Å²) in [6, 6.07) is 13.9. The minimum atomic E-state index is 1.10. The molecular weight excluding hydrogens is 388 g/mol. The molecule has 0 bridgehead atoms. The van der Waals surface area contributed by atoms with Crippen LogP contribution >= 0.6 is 11.8 Å². The van der Waals surface area contributed by atoms with Crippen molar-refractivity contribution in [2.45, 2.75) is 49.3 Å². The second kappa shape index (κ2) is 9.97. The van der Waals surface area contributed by atoms with Crippen LogP contribution in [0.2, 0.25) is 0 Å². The Kier molecular flexibility index (Phi) is 7.11. The number of likely N-dealkylation sites (N-methyl/N-ethyl adjacent to an activating group) is 1. The number of nitrogens with one attached hydrogen (secondary N) is 1. The van der Waals surface area contributed by atoms with Crippen molar-refractivity contribution in [2.24, 2.45) is 0 Å². The number of nitrogens with zero attached hydrogens (tertiary/aromatic N) is 3. The van der Waals surface area contributed by atoms with E-state index in [1.54, 1.807) is 0 Å². The smallest absolute Gasteiger partial charge is 0.0547 e. The maximum absolute atomic E-state index is 3.75. The zero-order valence-corrected chi connectivity index (χ0v) is 19.6. The number of benzene rings is 2. The minimum Gasteiger partial charge on any atom is -0.371 e. The Morgan fingerprint density at radius 3 is 2.17 bits per heavy atom. The van der Waals surface area contributed by atoms with Crippen LogP contribution in [0, 0.1) is 0 Å². The zero-order chi connectivity index (χ0) is 20.9. The first-order valence-electron chi connectivity index (χ1n) is 11.6. The summed E-state index contributed by atoms with van der Waals surface area (Å²) in [7, 11) is 2.21. The first-order chi connectivity index (χ1) is 14.7. The van der Waals surface area contributed by atoms with Gasteiger partial charge in [0.15, 0.2) is 0 Å². The number of anilines is 4. The van der Waals surface area contributed by atoms with E-state index in [2.05, 4.69) is 77.3 Å². The van der Waals surface area contributed by atoms with Gasteiger partial charge < -0.3 is 20.0 Å². The fourth-order valence-electron chi connectivity index (χ4n) is 4.20. The van der Waals surface area contributed by atoms with Crippen LogP contribution in [0.15, 0.2) is 46.2 Å². The van der Waals surface area contributed by atoms with Crippen molar-refractivity contribution >= 4 is 34.5 Å². The maximum Gasteiger partial charge on any atom is 0.0547 e. The first-order valence-corrected chi connectivity index (χ1v) is 12.4. The zero-order valence-electron chi connectivity index (χ0n) is 18.8. The van der Waals surface area contributed by atoms with E-state index in [0.29, 0.717) is 0 Å². The van der Waals surface area contributed by atoms with E-state index in [1.165, 1.54) is 58.2 Å². The number of hydrogen-bond donors (Lipinski definition) is 1. The highest BCUT2D eigenvalue weighted by Gasteiger charge is 2.20. The Labute approximate surface area is 186 Å². The van der Waals surface area contributed by atoms with Gasteiger partial charge in [-0.2, -0.15) is 0 Å². The van der Waals surface area contributed by atoms with E-state index in [1.807, 2.05) is 11.8 Å². The molecule has 0 radical (unpaired) electrons. The molecule has 30 heavy (non-hydrogen) atoms. The van der Waals surface area contributed by atoms with Gasteiger partial charge in [0.05, 0.1) is 11.4 Å². The van der Waals surface area contributed by atoms with Crippen LogP contribution < -0.4 is 15.1 Å². The quantitative estimate of drug-likeness (QED) is 0.474. The standard InChI is InChI=1S/C25H36N4S/c1-4-6-12-28(13-7-5-2)20-8-10-24-22(18-20)26-23-19-21(9-11-25(23)30-24)29-16-14-27(3)15-17-29/h8-11,18-19,26H,4-7,12-17H2,1-3H3. The Hall–Kier alpha value is -1.85. The Morgan fingerprint density at radius 1 is 0.867 bits per heavy atom. The largest absolute Gasteiger partial charge is 0.371 e. The van der Waals surface area contributed by atoms with Gasteiger partial charge in [-0.3, -0.25) is 0 Å². The molecule has 1 N–H and O–H groups in total. The van der Waals surface area contributed by atoms with Crippen molar-refractivity contribution in [3.05, 3.63) is 36.4 Å². The van der Waals surface area contributed by atoms with Crippen LogP contribution in [0.1, 0.15) is 39.5 Å². The number of unbranched alkanes of at least 4 members (excludes halogenated alkanes) is 2. The Balaban J connectivity index is 1.53. The highest BCUT2D eigenvalue weighted by molar-refractivity contribution is 7.99. The van der Waals surface area contributed by atoms with E-state index in [0.717, 1.165) is 39.3 Å². The predicted octanol–water partition coefficient (Wildman–Crippen LogP) is 6.05. The predicted molar refractivity (Wildman–Crippen MR) is 132 cm³/mol. The lowest BCUT2D eigenvalue weighted by Gasteiger charge is -2.34. The molecule has 0 saturated carbocycles. The van der Waals surface area contributed by atoms with Gasteiger partial charge >= 0.3 is 0 Å². The topological polar surface area (TPSA) is 21.8 Å². The number of fused-ring (bicyclic) bond motifs is 2. The molecular formula is C25H36N4S. The summed E-state index contributed by atoms with van der Waals surface area (Å²) in [4.78, 5) is 10.1. The molecule has 0 atom stereocenters. The molecule has 4 nitrogen and oxygen atoms in total. The number of piperazine rings is 1. The van der Waals surface area contributed by atoms with Crippen LogP contribution in [0.3, 0.4) is 0 Å². The van der Waals surface area contributed by atoms with Gasteiger partial charge in [0, 0.05) is 60.4 Å². The van der Waals surface area contributed by atoms with E-state index >= 15 is 0 Å². The monoisotopic (exact) mass is 424 g/mol. The molecule has 2 aromatic rings. The lowest BCUT2D eigenvalue weighted by atomic mass is 10.2. The molecule has 2 heterocycles. The van der Waals surface area contributed by atoms with E-state index in [9.17, 15) is 0 Å². The fraction of sp³-hybridized carbons (Fsp3) is 0.520. The highest BCUT2D eigenvalue weighted by atomic mass is 32.2.